The molecule has 0 saturated heterocycles. The zero-order chi connectivity index (χ0) is 15.3. The SMILES string of the molecule is Cc1ccc2c(c1)CC(=O)N2c1c(F)cc(F)c(F)c1F. The Hall–Kier alpha value is -2.37. The van der Waals surface area contributed by atoms with Gasteiger partial charge in [-0.3, -0.25) is 9.69 Å². The van der Waals surface area contributed by atoms with Crippen LogP contribution in [0.1, 0.15) is 11.1 Å². The van der Waals surface area contributed by atoms with Gasteiger partial charge in [0.05, 0.1) is 12.1 Å². The summed E-state index contributed by atoms with van der Waals surface area (Å²) in [5, 5.41) is 0. The van der Waals surface area contributed by atoms with E-state index in [0.717, 1.165) is 10.5 Å². The Kier molecular flexibility index (Phi) is 2.97. The highest BCUT2D eigenvalue weighted by Gasteiger charge is 2.34. The number of nitrogens with zero attached hydrogens (tertiary/aromatic N) is 1. The summed E-state index contributed by atoms with van der Waals surface area (Å²) in [5.41, 5.74) is 0.856. The zero-order valence-corrected chi connectivity index (χ0v) is 10.9. The highest BCUT2D eigenvalue weighted by Crippen LogP contribution is 2.39. The third kappa shape index (κ3) is 1.98. The number of benzene rings is 2. The molecule has 1 amide bonds. The number of aryl methyl sites for hydroxylation is 1. The van der Waals surface area contributed by atoms with Crippen LogP contribution in [-0.2, 0) is 11.2 Å². The van der Waals surface area contributed by atoms with E-state index in [-0.39, 0.29) is 18.2 Å². The summed E-state index contributed by atoms with van der Waals surface area (Å²) in [4.78, 5) is 12.8. The maximum atomic E-state index is 13.9. The molecule has 2 nitrogen and oxygen atoms in total. The summed E-state index contributed by atoms with van der Waals surface area (Å²) < 4.78 is 54.1. The number of amides is 1. The Balaban J connectivity index is 2.23. The van der Waals surface area contributed by atoms with Gasteiger partial charge in [0.25, 0.3) is 0 Å². The lowest BCUT2D eigenvalue weighted by atomic mass is 10.1. The fraction of sp³-hybridized carbons (Fsp3) is 0.133. The second kappa shape index (κ2) is 4.58. The molecule has 6 heteroatoms. The number of hydrogen-bond acceptors (Lipinski definition) is 1. The predicted octanol–water partition coefficient (Wildman–Crippen LogP) is 3.77. The molecule has 0 fully saturated rings. The number of carbonyl (C=O) groups excluding carboxylic acids is 1. The van der Waals surface area contributed by atoms with Crippen LogP contribution in [0.2, 0.25) is 0 Å². The minimum Gasteiger partial charge on any atom is -0.275 e. The van der Waals surface area contributed by atoms with E-state index < -0.39 is 34.9 Å². The third-order valence-electron chi connectivity index (χ3n) is 3.38. The Morgan fingerprint density at radius 3 is 2.43 bits per heavy atom. The summed E-state index contributed by atoms with van der Waals surface area (Å²) in [5.74, 6) is -7.08. The number of anilines is 2. The summed E-state index contributed by atoms with van der Waals surface area (Å²) in [7, 11) is 0. The van der Waals surface area contributed by atoms with E-state index in [1.54, 1.807) is 12.1 Å². The second-order valence-corrected chi connectivity index (χ2v) is 4.85. The molecule has 1 aliphatic heterocycles. The normalized spacial score (nSPS) is 13.8. The van der Waals surface area contributed by atoms with Crippen molar-refractivity contribution in [2.45, 2.75) is 13.3 Å². The molecule has 0 aromatic heterocycles. The van der Waals surface area contributed by atoms with Gasteiger partial charge < -0.3 is 0 Å². The topological polar surface area (TPSA) is 20.3 Å². The number of carbonyl (C=O) groups is 1. The Morgan fingerprint density at radius 2 is 1.71 bits per heavy atom. The van der Waals surface area contributed by atoms with Gasteiger partial charge in [-0.1, -0.05) is 17.7 Å². The molecule has 0 atom stereocenters. The van der Waals surface area contributed by atoms with Crippen molar-refractivity contribution in [1.82, 2.24) is 0 Å². The van der Waals surface area contributed by atoms with E-state index >= 15 is 0 Å². The van der Waals surface area contributed by atoms with Crippen LogP contribution in [0.15, 0.2) is 24.3 Å². The van der Waals surface area contributed by atoms with Crippen LogP contribution in [0.4, 0.5) is 28.9 Å². The van der Waals surface area contributed by atoms with Crippen molar-refractivity contribution < 1.29 is 22.4 Å². The van der Waals surface area contributed by atoms with E-state index in [4.69, 9.17) is 0 Å². The number of hydrogen-bond donors (Lipinski definition) is 0. The lowest BCUT2D eigenvalue weighted by Crippen LogP contribution is -2.24. The third-order valence-corrected chi connectivity index (χ3v) is 3.38. The standard InChI is InChI=1S/C15H9F4NO/c1-7-2-3-11-8(4-7)5-12(21)20(11)15-10(17)6-9(16)13(18)14(15)19/h2-4,6H,5H2,1H3. The van der Waals surface area contributed by atoms with Crippen molar-refractivity contribution in [2.24, 2.45) is 0 Å². The molecule has 1 aliphatic rings. The average molecular weight is 295 g/mol. The maximum absolute atomic E-state index is 13.9. The molecule has 108 valence electrons. The smallest absolute Gasteiger partial charge is 0.236 e. The minimum absolute atomic E-state index is 0.0467. The van der Waals surface area contributed by atoms with Crippen LogP contribution < -0.4 is 4.90 Å². The molecule has 0 N–H and O–H groups in total. The number of halogens is 4. The van der Waals surface area contributed by atoms with Crippen molar-refractivity contribution >= 4 is 17.3 Å². The van der Waals surface area contributed by atoms with Crippen LogP contribution in [0.5, 0.6) is 0 Å². The summed E-state index contributed by atoms with van der Waals surface area (Å²) >= 11 is 0. The first-order valence-corrected chi connectivity index (χ1v) is 6.15. The molecule has 2 aromatic rings. The van der Waals surface area contributed by atoms with Gasteiger partial charge >= 0.3 is 0 Å². The molecule has 0 spiro atoms. The highest BCUT2D eigenvalue weighted by atomic mass is 19.2. The van der Waals surface area contributed by atoms with Crippen LogP contribution in [-0.4, -0.2) is 5.91 Å². The Bertz CT molecular complexity index is 773. The molecule has 1 heterocycles. The van der Waals surface area contributed by atoms with Crippen LogP contribution in [0.25, 0.3) is 0 Å². The fourth-order valence-electron chi connectivity index (χ4n) is 2.46. The lowest BCUT2D eigenvalue weighted by molar-refractivity contribution is -0.116. The monoisotopic (exact) mass is 295 g/mol. The molecule has 21 heavy (non-hydrogen) atoms. The van der Waals surface area contributed by atoms with Crippen molar-refractivity contribution in [3.8, 4) is 0 Å². The molecule has 0 bridgehead atoms. The van der Waals surface area contributed by atoms with E-state index in [2.05, 4.69) is 0 Å². The molecule has 0 radical (unpaired) electrons. The first kappa shape index (κ1) is 13.6. The average Bonchev–Trinajstić information content (AvgIpc) is 2.72. The minimum atomic E-state index is -1.81. The van der Waals surface area contributed by atoms with Crippen LogP contribution >= 0.6 is 0 Å². The lowest BCUT2D eigenvalue weighted by Gasteiger charge is -2.19. The summed E-state index contributed by atoms with van der Waals surface area (Å²) in [6.45, 7) is 1.81. The first-order valence-electron chi connectivity index (χ1n) is 6.15. The van der Waals surface area contributed by atoms with E-state index in [1.807, 2.05) is 6.92 Å². The van der Waals surface area contributed by atoms with Gasteiger partial charge in [-0.2, -0.15) is 0 Å². The Labute approximate surface area is 117 Å². The quantitative estimate of drug-likeness (QED) is 0.445. The second-order valence-electron chi connectivity index (χ2n) is 4.85. The zero-order valence-electron chi connectivity index (χ0n) is 10.9. The van der Waals surface area contributed by atoms with Gasteiger partial charge in [0, 0.05) is 6.07 Å². The van der Waals surface area contributed by atoms with Crippen molar-refractivity contribution in [2.75, 3.05) is 4.90 Å². The van der Waals surface area contributed by atoms with Crippen molar-refractivity contribution in [3.05, 3.63) is 58.7 Å². The van der Waals surface area contributed by atoms with Gasteiger partial charge in [0.1, 0.15) is 5.69 Å². The molecule has 0 saturated carbocycles. The fourth-order valence-corrected chi connectivity index (χ4v) is 2.46. The van der Waals surface area contributed by atoms with E-state index in [0.29, 0.717) is 5.56 Å². The molecular weight excluding hydrogens is 286 g/mol. The van der Waals surface area contributed by atoms with Gasteiger partial charge in [-0.15, -0.1) is 0 Å². The Morgan fingerprint density at radius 1 is 1.00 bits per heavy atom. The first-order chi connectivity index (χ1) is 9.90. The summed E-state index contributed by atoms with van der Waals surface area (Å²) in [6.07, 6.45) is -0.0467. The van der Waals surface area contributed by atoms with E-state index in [1.165, 1.54) is 6.07 Å². The molecule has 3 rings (SSSR count). The van der Waals surface area contributed by atoms with E-state index in [9.17, 15) is 22.4 Å². The van der Waals surface area contributed by atoms with Crippen LogP contribution in [0.3, 0.4) is 0 Å². The van der Waals surface area contributed by atoms with Gasteiger partial charge in [0.15, 0.2) is 23.3 Å². The van der Waals surface area contributed by atoms with Crippen molar-refractivity contribution in [3.63, 3.8) is 0 Å². The van der Waals surface area contributed by atoms with Gasteiger partial charge in [-0.05, 0) is 18.6 Å². The number of fused-ring (bicyclic) bond motifs is 1. The van der Waals surface area contributed by atoms with Crippen LogP contribution in [0, 0.1) is 30.2 Å². The van der Waals surface area contributed by atoms with Crippen molar-refractivity contribution in [1.29, 1.82) is 0 Å². The highest BCUT2D eigenvalue weighted by molar-refractivity contribution is 6.07. The molecular formula is C15H9F4NO. The van der Waals surface area contributed by atoms with Gasteiger partial charge in [-0.25, -0.2) is 17.6 Å². The molecule has 0 aliphatic carbocycles. The largest absolute Gasteiger partial charge is 0.275 e. The predicted molar refractivity (Wildman–Crippen MR) is 68.3 cm³/mol. The summed E-state index contributed by atoms with van der Waals surface area (Å²) in [6, 6.07) is 5.13. The number of rotatable bonds is 1. The maximum Gasteiger partial charge on any atom is 0.236 e. The molecule has 0 unspecified atom stereocenters. The molecule has 2 aromatic carbocycles. The van der Waals surface area contributed by atoms with Gasteiger partial charge in [0.2, 0.25) is 5.91 Å².